The summed E-state index contributed by atoms with van der Waals surface area (Å²) in [5, 5.41) is 3.23. The second-order valence-electron chi connectivity index (χ2n) is 3.38. The van der Waals surface area contributed by atoms with Crippen LogP contribution in [0.4, 0.5) is 17.1 Å². The second kappa shape index (κ2) is 4.72. The summed E-state index contributed by atoms with van der Waals surface area (Å²) in [7, 11) is 0. The van der Waals surface area contributed by atoms with E-state index in [0.717, 1.165) is 21.2 Å². The predicted molar refractivity (Wildman–Crippen MR) is 75.1 cm³/mol. The van der Waals surface area contributed by atoms with Crippen molar-refractivity contribution < 1.29 is 0 Å². The molecule has 16 heavy (non-hydrogen) atoms. The van der Waals surface area contributed by atoms with E-state index in [1.165, 1.54) is 0 Å². The molecule has 0 heterocycles. The Balaban J connectivity index is 2.38. The molecule has 82 valence electrons. The fourth-order valence-corrected chi connectivity index (χ4v) is 1.90. The summed E-state index contributed by atoms with van der Waals surface area (Å²) < 4.78 is 0. The van der Waals surface area contributed by atoms with E-state index in [4.69, 9.17) is 5.73 Å². The number of nitrogens with one attached hydrogen (secondary N) is 1. The Morgan fingerprint density at radius 2 is 1.56 bits per heavy atom. The topological polar surface area (TPSA) is 38.0 Å². The molecule has 0 aliphatic carbocycles. The van der Waals surface area contributed by atoms with Crippen molar-refractivity contribution in [2.24, 2.45) is 0 Å². The molecule has 0 saturated heterocycles. The molecule has 0 aliphatic heterocycles. The Kier molecular flexibility index (Phi) is 3.31. The first kappa shape index (κ1) is 11.2. The normalized spacial score (nSPS) is 10.1. The smallest absolute Gasteiger partial charge is 0.0753 e. The molecular formula is C12H12N2S2. The zero-order valence-corrected chi connectivity index (χ0v) is 10.3. The van der Waals surface area contributed by atoms with E-state index in [1.54, 1.807) is 0 Å². The molecule has 2 aromatic rings. The van der Waals surface area contributed by atoms with Crippen molar-refractivity contribution in [3.63, 3.8) is 0 Å². The predicted octanol–water partition coefficient (Wildman–Crippen LogP) is 3.59. The maximum absolute atomic E-state index is 5.88. The third-order valence-electron chi connectivity index (χ3n) is 2.24. The SMILES string of the molecule is Nc1cccc(S)c1Nc1ccccc1S. The molecule has 0 atom stereocenters. The van der Waals surface area contributed by atoms with Crippen molar-refractivity contribution in [2.75, 3.05) is 11.1 Å². The molecular weight excluding hydrogens is 236 g/mol. The van der Waals surface area contributed by atoms with Crippen LogP contribution in [0.25, 0.3) is 0 Å². The van der Waals surface area contributed by atoms with Crippen LogP contribution in [0.5, 0.6) is 0 Å². The highest BCUT2D eigenvalue weighted by molar-refractivity contribution is 7.80. The standard InChI is InChI=1S/C12H12N2S2/c13-8-4-3-7-11(16)12(8)14-9-5-1-2-6-10(9)15/h1-7,14-16H,13H2. The van der Waals surface area contributed by atoms with Crippen molar-refractivity contribution in [2.45, 2.75) is 9.79 Å². The van der Waals surface area contributed by atoms with E-state index >= 15 is 0 Å². The fourth-order valence-electron chi connectivity index (χ4n) is 1.41. The molecule has 3 N–H and O–H groups in total. The van der Waals surface area contributed by atoms with Gasteiger partial charge >= 0.3 is 0 Å². The monoisotopic (exact) mass is 248 g/mol. The highest BCUT2D eigenvalue weighted by Gasteiger charge is 2.05. The molecule has 2 rings (SSSR count). The van der Waals surface area contributed by atoms with Crippen LogP contribution >= 0.6 is 25.3 Å². The van der Waals surface area contributed by atoms with E-state index in [2.05, 4.69) is 30.6 Å². The molecule has 0 aromatic heterocycles. The summed E-state index contributed by atoms with van der Waals surface area (Å²) in [4.78, 5) is 1.69. The van der Waals surface area contributed by atoms with Gasteiger partial charge in [-0.2, -0.15) is 0 Å². The van der Waals surface area contributed by atoms with Crippen LogP contribution in [0, 0.1) is 0 Å². The Morgan fingerprint density at radius 3 is 2.25 bits per heavy atom. The van der Waals surface area contributed by atoms with E-state index in [-0.39, 0.29) is 0 Å². The van der Waals surface area contributed by atoms with Crippen molar-refractivity contribution in [1.29, 1.82) is 0 Å². The van der Waals surface area contributed by atoms with Crippen molar-refractivity contribution in [3.05, 3.63) is 42.5 Å². The highest BCUT2D eigenvalue weighted by Crippen LogP contribution is 2.31. The number of hydrogen-bond acceptors (Lipinski definition) is 4. The van der Waals surface area contributed by atoms with Crippen LogP contribution in [0.15, 0.2) is 52.3 Å². The Hall–Kier alpha value is -1.26. The second-order valence-corrected chi connectivity index (χ2v) is 4.35. The van der Waals surface area contributed by atoms with Gasteiger partial charge in [0.1, 0.15) is 0 Å². The average Bonchev–Trinajstić information content (AvgIpc) is 2.26. The van der Waals surface area contributed by atoms with Crippen LogP contribution in [0.1, 0.15) is 0 Å². The van der Waals surface area contributed by atoms with Crippen LogP contribution in [0.2, 0.25) is 0 Å². The van der Waals surface area contributed by atoms with Gasteiger partial charge in [-0.1, -0.05) is 18.2 Å². The Morgan fingerprint density at radius 1 is 0.875 bits per heavy atom. The summed E-state index contributed by atoms with van der Waals surface area (Å²) >= 11 is 8.73. The number of benzene rings is 2. The molecule has 2 aromatic carbocycles. The number of rotatable bonds is 2. The highest BCUT2D eigenvalue weighted by atomic mass is 32.1. The molecule has 0 unspecified atom stereocenters. The molecule has 0 spiro atoms. The van der Waals surface area contributed by atoms with E-state index in [9.17, 15) is 0 Å². The molecule has 2 nitrogen and oxygen atoms in total. The van der Waals surface area contributed by atoms with Gasteiger partial charge in [0.25, 0.3) is 0 Å². The minimum atomic E-state index is 0.670. The van der Waals surface area contributed by atoms with Crippen LogP contribution in [0.3, 0.4) is 0 Å². The minimum absolute atomic E-state index is 0.670. The quantitative estimate of drug-likeness (QED) is 0.484. The van der Waals surface area contributed by atoms with Gasteiger partial charge in [0.05, 0.1) is 17.1 Å². The lowest BCUT2D eigenvalue weighted by molar-refractivity contribution is 1.37. The lowest BCUT2D eigenvalue weighted by Crippen LogP contribution is -1.97. The van der Waals surface area contributed by atoms with Gasteiger partial charge in [0.2, 0.25) is 0 Å². The van der Waals surface area contributed by atoms with Gasteiger partial charge in [0, 0.05) is 9.79 Å². The molecule has 0 saturated carbocycles. The lowest BCUT2D eigenvalue weighted by atomic mass is 10.2. The molecule has 0 bridgehead atoms. The third-order valence-corrected chi connectivity index (χ3v) is 3.00. The molecule has 0 aliphatic rings. The third kappa shape index (κ3) is 2.28. The van der Waals surface area contributed by atoms with Gasteiger partial charge < -0.3 is 11.1 Å². The van der Waals surface area contributed by atoms with E-state index in [0.29, 0.717) is 5.69 Å². The van der Waals surface area contributed by atoms with E-state index < -0.39 is 0 Å². The first-order valence-corrected chi connectivity index (χ1v) is 5.70. The first-order chi connectivity index (χ1) is 7.68. The number of anilines is 3. The maximum Gasteiger partial charge on any atom is 0.0753 e. The average molecular weight is 248 g/mol. The largest absolute Gasteiger partial charge is 0.397 e. The minimum Gasteiger partial charge on any atom is -0.397 e. The zero-order valence-electron chi connectivity index (χ0n) is 8.51. The molecule has 0 amide bonds. The number of para-hydroxylation sites is 2. The molecule has 0 radical (unpaired) electrons. The fraction of sp³-hybridized carbons (Fsp3) is 0. The van der Waals surface area contributed by atoms with Crippen LogP contribution < -0.4 is 11.1 Å². The summed E-state index contributed by atoms with van der Waals surface area (Å²) in [6, 6.07) is 13.3. The Labute approximate surface area is 106 Å². The van der Waals surface area contributed by atoms with Crippen molar-refractivity contribution >= 4 is 42.3 Å². The number of thiol groups is 2. The van der Waals surface area contributed by atoms with Gasteiger partial charge in [-0.3, -0.25) is 0 Å². The zero-order chi connectivity index (χ0) is 11.5. The van der Waals surface area contributed by atoms with Gasteiger partial charge in [0.15, 0.2) is 0 Å². The van der Waals surface area contributed by atoms with Crippen molar-refractivity contribution in [3.8, 4) is 0 Å². The van der Waals surface area contributed by atoms with E-state index in [1.807, 2.05) is 42.5 Å². The summed E-state index contributed by atoms with van der Waals surface area (Å²) in [5.74, 6) is 0. The maximum atomic E-state index is 5.88. The molecule has 4 heteroatoms. The van der Waals surface area contributed by atoms with Gasteiger partial charge in [-0.15, -0.1) is 25.3 Å². The Bertz CT molecular complexity index is 492. The molecule has 0 fully saturated rings. The van der Waals surface area contributed by atoms with Crippen LogP contribution in [-0.4, -0.2) is 0 Å². The number of nitrogen functional groups attached to an aromatic ring is 1. The summed E-state index contributed by atoms with van der Waals surface area (Å²) in [6.07, 6.45) is 0. The van der Waals surface area contributed by atoms with Gasteiger partial charge in [-0.25, -0.2) is 0 Å². The summed E-state index contributed by atoms with van der Waals surface area (Å²) in [5.41, 5.74) is 8.28. The number of nitrogens with two attached hydrogens (primary N) is 1. The van der Waals surface area contributed by atoms with Gasteiger partial charge in [-0.05, 0) is 24.3 Å². The van der Waals surface area contributed by atoms with Crippen molar-refractivity contribution in [1.82, 2.24) is 0 Å². The number of hydrogen-bond donors (Lipinski definition) is 4. The summed E-state index contributed by atoms with van der Waals surface area (Å²) in [6.45, 7) is 0. The first-order valence-electron chi connectivity index (χ1n) is 4.81. The lowest BCUT2D eigenvalue weighted by Gasteiger charge is -2.13. The van der Waals surface area contributed by atoms with Crippen LogP contribution in [-0.2, 0) is 0 Å².